The molecule has 1 atom stereocenters. The summed E-state index contributed by atoms with van der Waals surface area (Å²) in [6.45, 7) is 1.46. The van der Waals surface area contributed by atoms with Gasteiger partial charge in [0, 0.05) is 9.50 Å². The van der Waals surface area contributed by atoms with Gasteiger partial charge in [-0.25, -0.2) is 4.79 Å². The Bertz CT molecular complexity index is 750. The summed E-state index contributed by atoms with van der Waals surface area (Å²) >= 11 is 15.1. The van der Waals surface area contributed by atoms with Gasteiger partial charge in [-0.2, -0.15) is 0 Å². The number of halogens is 3. The molecule has 0 saturated carbocycles. The highest BCUT2D eigenvalue weighted by molar-refractivity contribution is 9.10. The normalized spacial score (nSPS) is 11.7. The van der Waals surface area contributed by atoms with E-state index in [9.17, 15) is 9.59 Å². The van der Waals surface area contributed by atoms with Crippen LogP contribution in [0, 0.1) is 0 Å². The Labute approximate surface area is 158 Å². The van der Waals surface area contributed by atoms with Crippen molar-refractivity contribution >= 4 is 51.0 Å². The van der Waals surface area contributed by atoms with E-state index in [1.54, 1.807) is 0 Å². The van der Waals surface area contributed by atoms with Crippen LogP contribution >= 0.6 is 39.1 Å². The second kappa shape index (κ2) is 8.51. The fourth-order valence-corrected chi connectivity index (χ4v) is 2.73. The largest absolute Gasteiger partial charge is 0.452 e. The summed E-state index contributed by atoms with van der Waals surface area (Å²) in [5.41, 5.74) is 1.11. The van der Waals surface area contributed by atoms with Gasteiger partial charge < -0.3 is 10.1 Å². The molecule has 7 heteroatoms. The average molecular weight is 431 g/mol. The Hall–Kier alpha value is -1.56. The van der Waals surface area contributed by atoms with Gasteiger partial charge in [-0.1, -0.05) is 51.3 Å². The molecule has 0 fully saturated rings. The number of ether oxygens (including phenoxy) is 1. The van der Waals surface area contributed by atoms with Crippen molar-refractivity contribution in [3.8, 4) is 0 Å². The molecule has 2 aromatic carbocycles. The minimum Gasteiger partial charge on any atom is -0.452 e. The Morgan fingerprint density at radius 1 is 1.17 bits per heavy atom. The number of esters is 1. The average Bonchev–Trinajstić information content (AvgIpc) is 2.53. The molecular weight excluding hydrogens is 417 g/mol. The number of hydrogen-bond donors (Lipinski definition) is 1. The van der Waals surface area contributed by atoms with Crippen LogP contribution in [-0.4, -0.2) is 18.5 Å². The van der Waals surface area contributed by atoms with Gasteiger partial charge in [0.2, 0.25) is 0 Å². The smallest absolute Gasteiger partial charge is 0.340 e. The summed E-state index contributed by atoms with van der Waals surface area (Å²) < 4.78 is 5.94. The summed E-state index contributed by atoms with van der Waals surface area (Å²) in [7, 11) is 0. The molecule has 4 nitrogen and oxygen atoms in total. The third-order valence-corrected chi connectivity index (χ3v) is 4.31. The van der Waals surface area contributed by atoms with Crippen molar-refractivity contribution in [3.63, 3.8) is 0 Å². The summed E-state index contributed by atoms with van der Waals surface area (Å²) in [6, 6.07) is 11.8. The molecule has 1 unspecified atom stereocenters. The van der Waals surface area contributed by atoms with Crippen LogP contribution in [0.2, 0.25) is 10.0 Å². The molecule has 0 aliphatic heterocycles. The molecule has 1 amide bonds. The third-order valence-electron chi connectivity index (χ3n) is 3.23. The molecule has 0 aliphatic carbocycles. The molecule has 0 radical (unpaired) electrons. The van der Waals surface area contributed by atoms with Gasteiger partial charge in [-0.3, -0.25) is 4.79 Å². The van der Waals surface area contributed by atoms with Gasteiger partial charge in [0.15, 0.2) is 6.61 Å². The first-order valence-corrected chi connectivity index (χ1v) is 8.58. The number of benzene rings is 2. The van der Waals surface area contributed by atoms with Gasteiger partial charge in [0.05, 0.1) is 16.6 Å². The van der Waals surface area contributed by atoms with Gasteiger partial charge in [-0.15, -0.1) is 0 Å². The van der Waals surface area contributed by atoms with E-state index < -0.39 is 18.5 Å². The number of carbonyl (C=O) groups excluding carboxylic acids is 2. The van der Waals surface area contributed by atoms with Crippen molar-refractivity contribution in [1.29, 1.82) is 0 Å². The van der Waals surface area contributed by atoms with Crippen molar-refractivity contribution in [2.75, 3.05) is 6.61 Å². The van der Waals surface area contributed by atoms with Crippen molar-refractivity contribution in [1.82, 2.24) is 5.32 Å². The number of nitrogens with one attached hydrogen (secondary N) is 1. The van der Waals surface area contributed by atoms with Crippen molar-refractivity contribution < 1.29 is 14.3 Å². The lowest BCUT2D eigenvalue weighted by Crippen LogP contribution is -2.31. The second-order valence-corrected chi connectivity index (χ2v) is 6.80. The number of hydrogen-bond acceptors (Lipinski definition) is 3. The van der Waals surface area contributed by atoms with Crippen molar-refractivity contribution in [2.24, 2.45) is 0 Å². The maximum atomic E-state index is 11.9. The van der Waals surface area contributed by atoms with E-state index in [0.717, 1.165) is 10.0 Å². The highest BCUT2D eigenvalue weighted by Gasteiger charge is 2.15. The van der Waals surface area contributed by atoms with E-state index >= 15 is 0 Å². The van der Waals surface area contributed by atoms with Crippen molar-refractivity contribution in [3.05, 3.63) is 68.1 Å². The van der Waals surface area contributed by atoms with Crippen LogP contribution in [0.25, 0.3) is 0 Å². The van der Waals surface area contributed by atoms with E-state index in [-0.39, 0.29) is 16.6 Å². The first kappa shape index (κ1) is 18.8. The molecule has 126 valence electrons. The molecule has 0 aromatic heterocycles. The topological polar surface area (TPSA) is 55.4 Å². The minimum atomic E-state index is -0.678. The molecule has 0 saturated heterocycles. The highest BCUT2D eigenvalue weighted by atomic mass is 79.9. The molecule has 0 spiro atoms. The summed E-state index contributed by atoms with van der Waals surface area (Å²) in [6.07, 6.45) is 0. The summed E-state index contributed by atoms with van der Waals surface area (Å²) in [5, 5.41) is 3.35. The molecular formula is C17H14BrCl2NO3. The maximum Gasteiger partial charge on any atom is 0.340 e. The van der Waals surface area contributed by atoms with E-state index in [4.69, 9.17) is 27.9 Å². The zero-order chi connectivity index (χ0) is 17.7. The Morgan fingerprint density at radius 3 is 2.46 bits per heavy atom. The molecule has 0 heterocycles. The van der Waals surface area contributed by atoms with Crippen LogP contribution < -0.4 is 5.32 Å². The van der Waals surface area contributed by atoms with Crippen LogP contribution in [0.3, 0.4) is 0 Å². The van der Waals surface area contributed by atoms with Crippen LogP contribution in [0.15, 0.2) is 46.9 Å². The zero-order valence-electron chi connectivity index (χ0n) is 12.7. The number of rotatable bonds is 5. The third kappa shape index (κ3) is 5.23. The highest BCUT2D eigenvalue weighted by Crippen LogP contribution is 2.21. The van der Waals surface area contributed by atoms with Crippen LogP contribution in [0.5, 0.6) is 0 Å². The Balaban J connectivity index is 1.88. The van der Waals surface area contributed by atoms with Crippen LogP contribution in [-0.2, 0) is 9.53 Å². The molecule has 0 bridgehead atoms. The van der Waals surface area contributed by atoms with Crippen LogP contribution in [0.4, 0.5) is 0 Å². The monoisotopic (exact) mass is 429 g/mol. The molecule has 24 heavy (non-hydrogen) atoms. The fraction of sp³-hybridized carbons (Fsp3) is 0.176. The Morgan fingerprint density at radius 2 is 1.83 bits per heavy atom. The van der Waals surface area contributed by atoms with E-state index in [1.165, 1.54) is 18.2 Å². The molecule has 2 aromatic rings. The van der Waals surface area contributed by atoms with Gasteiger partial charge in [0.25, 0.3) is 5.91 Å². The standard InChI is InChI=1S/C17H14BrCl2NO3/c1-10(11-2-4-12(18)5-3-11)21-16(22)9-24-17(23)14-7-6-13(19)8-15(14)20/h2-8,10H,9H2,1H3,(H,21,22). The lowest BCUT2D eigenvalue weighted by atomic mass is 10.1. The minimum absolute atomic E-state index is 0.162. The van der Waals surface area contributed by atoms with Gasteiger partial charge in [0.1, 0.15) is 0 Å². The first-order chi connectivity index (χ1) is 11.4. The molecule has 0 aliphatic rings. The van der Waals surface area contributed by atoms with E-state index in [0.29, 0.717) is 5.02 Å². The van der Waals surface area contributed by atoms with Crippen LogP contribution in [0.1, 0.15) is 28.9 Å². The Kier molecular flexibility index (Phi) is 6.66. The zero-order valence-corrected chi connectivity index (χ0v) is 15.8. The molecule has 1 N–H and O–H groups in total. The summed E-state index contributed by atoms with van der Waals surface area (Å²) in [5.74, 6) is -1.08. The summed E-state index contributed by atoms with van der Waals surface area (Å²) in [4.78, 5) is 23.9. The SMILES string of the molecule is CC(NC(=O)COC(=O)c1ccc(Cl)cc1Cl)c1ccc(Br)cc1. The fourth-order valence-electron chi connectivity index (χ4n) is 1.98. The first-order valence-electron chi connectivity index (χ1n) is 7.04. The lowest BCUT2D eigenvalue weighted by Gasteiger charge is -2.14. The van der Waals surface area contributed by atoms with Crippen molar-refractivity contribution in [2.45, 2.75) is 13.0 Å². The lowest BCUT2D eigenvalue weighted by molar-refractivity contribution is -0.124. The number of carbonyl (C=O) groups is 2. The predicted octanol–water partition coefficient (Wildman–Crippen LogP) is 4.79. The van der Waals surface area contributed by atoms with Gasteiger partial charge in [-0.05, 0) is 42.8 Å². The molecule has 2 rings (SSSR count). The van der Waals surface area contributed by atoms with E-state index in [1.807, 2.05) is 31.2 Å². The second-order valence-electron chi connectivity index (χ2n) is 5.04. The quantitative estimate of drug-likeness (QED) is 0.693. The van der Waals surface area contributed by atoms with E-state index in [2.05, 4.69) is 21.2 Å². The maximum absolute atomic E-state index is 11.9. The number of amides is 1. The van der Waals surface area contributed by atoms with Gasteiger partial charge >= 0.3 is 5.97 Å². The predicted molar refractivity (Wildman–Crippen MR) is 97.4 cm³/mol.